The molecule has 5 nitrogen and oxygen atoms in total. The van der Waals surface area contributed by atoms with Crippen LogP contribution in [0, 0.1) is 5.92 Å². The van der Waals surface area contributed by atoms with Gasteiger partial charge in [-0.15, -0.1) is 0 Å². The molecule has 0 radical (unpaired) electrons. The fourth-order valence-electron chi connectivity index (χ4n) is 2.55. The van der Waals surface area contributed by atoms with Gasteiger partial charge in [0, 0.05) is 25.8 Å². The van der Waals surface area contributed by atoms with E-state index in [4.69, 9.17) is 0 Å². The number of likely N-dealkylation sites (tertiary alicyclic amines) is 1. The van der Waals surface area contributed by atoms with Crippen LogP contribution in [-0.2, 0) is 0 Å². The van der Waals surface area contributed by atoms with Crippen molar-refractivity contribution in [1.29, 1.82) is 0 Å². The van der Waals surface area contributed by atoms with Gasteiger partial charge < -0.3 is 14.9 Å². The van der Waals surface area contributed by atoms with Crippen molar-refractivity contribution in [2.45, 2.75) is 12.8 Å². The number of hydrogen-bond acceptors (Lipinski definition) is 4. The van der Waals surface area contributed by atoms with Gasteiger partial charge in [-0.25, -0.2) is 4.98 Å². The van der Waals surface area contributed by atoms with Crippen LogP contribution in [0.3, 0.4) is 0 Å². The van der Waals surface area contributed by atoms with E-state index in [9.17, 15) is 9.90 Å². The molecule has 2 heterocycles. The summed E-state index contributed by atoms with van der Waals surface area (Å²) >= 11 is 0. The fraction of sp³-hybridized carbons (Fsp3) is 0.571. The molecule has 1 fully saturated rings. The second-order valence-corrected chi connectivity index (χ2v) is 5.37. The number of aromatic hydroxyl groups is 1. The maximum atomic E-state index is 12.2. The number of rotatable bonds is 3. The van der Waals surface area contributed by atoms with Crippen LogP contribution in [0.4, 0.5) is 0 Å². The Morgan fingerprint density at radius 1 is 1.47 bits per heavy atom. The third kappa shape index (κ3) is 3.44. The molecular weight excluding hydrogens is 242 g/mol. The predicted octanol–water partition coefficient (Wildman–Crippen LogP) is 1.20. The summed E-state index contributed by atoms with van der Waals surface area (Å²) in [6.45, 7) is 2.55. The smallest absolute Gasteiger partial charge is 0.276 e. The van der Waals surface area contributed by atoms with Crippen LogP contribution in [0.2, 0.25) is 0 Å². The number of piperidine rings is 1. The zero-order valence-electron chi connectivity index (χ0n) is 11.5. The summed E-state index contributed by atoms with van der Waals surface area (Å²) in [5.74, 6) is 0.445. The molecule has 0 bridgehead atoms. The van der Waals surface area contributed by atoms with Gasteiger partial charge in [-0.3, -0.25) is 4.79 Å². The maximum Gasteiger partial charge on any atom is 0.276 e. The van der Waals surface area contributed by atoms with Crippen molar-refractivity contribution in [3.8, 4) is 5.75 Å². The van der Waals surface area contributed by atoms with E-state index in [-0.39, 0.29) is 17.4 Å². The number of carbonyl (C=O) groups excluding carboxylic acids is 1. The van der Waals surface area contributed by atoms with Crippen LogP contribution in [0.25, 0.3) is 0 Å². The van der Waals surface area contributed by atoms with Crippen molar-refractivity contribution in [1.82, 2.24) is 14.8 Å². The zero-order chi connectivity index (χ0) is 13.8. The monoisotopic (exact) mass is 263 g/mol. The molecule has 0 saturated carbocycles. The molecule has 1 saturated heterocycles. The van der Waals surface area contributed by atoms with Crippen LogP contribution in [0.1, 0.15) is 23.3 Å². The van der Waals surface area contributed by atoms with E-state index in [1.165, 1.54) is 12.3 Å². The largest absolute Gasteiger partial charge is 0.505 e. The summed E-state index contributed by atoms with van der Waals surface area (Å²) in [6.07, 6.45) is 3.56. The molecule has 1 N–H and O–H groups in total. The van der Waals surface area contributed by atoms with Crippen LogP contribution in [-0.4, -0.2) is 59.5 Å². The molecule has 5 heteroatoms. The highest BCUT2D eigenvalue weighted by Crippen LogP contribution is 2.21. The molecule has 0 spiro atoms. The minimum atomic E-state index is -0.165. The molecule has 19 heavy (non-hydrogen) atoms. The molecule has 0 aromatic carbocycles. The molecular formula is C14H21N3O2. The van der Waals surface area contributed by atoms with Crippen molar-refractivity contribution in [3.05, 3.63) is 24.0 Å². The Balaban J connectivity index is 1.95. The Kier molecular flexibility index (Phi) is 4.37. The standard InChI is InChI=1S/C14H21N3O2/c1-16(2)10-11-5-8-17(9-6-11)14(19)13-12(18)4-3-7-15-13/h3-4,7,11,18H,5-6,8-10H2,1-2H3. The van der Waals surface area contributed by atoms with Gasteiger partial charge in [0.15, 0.2) is 5.69 Å². The molecule has 2 rings (SSSR count). The van der Waals surface area contributed by atoms with Gasteiger partial charge >= 0.3 is 0 Å². The maximum absolute atomic E-state index is 12.2. The first-order valence-corrected chi connectivity index (χ1v) is 6.66. The lowest BCUT2D eigenvalue weighted by Gasteiger charge is -2.33. The molecule has 1 aliphatic heterocycles. The topological polar surface area (TPSA) is 56.7 Å². The number of nitrogens with zero attached hydrogens (tertiary/aromatic N) is 3. The highest BCUT2D eigenvalue weighted by molar-refractivity contribution is 5.94. The van der Waals surface area contributed by atoms with Crippen LogP contribution < -0.4 is 0 Å². The van der Waals surface area contributed by atoms with Crippen LogP contribution in [0.5, 0.6) is 5.75 Å². The number of carbonyl (C=O) groups is 1. The first kappa shape index (κ1) is 13.8. The lowest BCUT2D eigenvalue weighted by Crippen LogP contribution is -2.40. The van der Waals surface area contributed by atoms with Crippen molar-refractivity contribution >= 4 is 5.91 Å². The van der Waals surface area contributed by atoms with Crippen molar-refractivity contribution < 1.29 is 9.90 Å². The van der Waals surface area contributed by atoms with Crippen molar-refractivity contribution in [2.75, 3.05) is 33.7 Å². The van der Waals surface area contributed by atoms with E-state index in [2.05, 4.69) is 24.0 Å². The fourth-order valence-corrected chi connectivity index (χ4v) is 2.55. The van der Waals surface area contributed by atoms with E-state index in [1.54, 1.807) is 11.0 Å². The average molecular weight is 263 g/mol. The Morgan fingerprint density at radius 2 is 2.16 bits per heavy atom. The summed E-state index contributed by atoms with van der Waals surface area (Å²) in [5.41, 5.74) is 0.161. The van der Waals surface area contributed by atoms with E-state index in [0.29, 0.717) is 5.92 Å². The van der Waals surface area contributed by atoms with Gasteiger partial charge in [-0.1, -0.05) is 0 Å². The van der Waals surface area contributed by atoms with Gasteiger partial charge in [0.25, 0.3) is 5.91 Å². The summed E-state index contributed by atoms with van der Waals surface area (Å²) in [7, 11) is 4.15. The Hall–Kier alpha value is -1.62. The Bertz CT molecular complexity index is 440. The highest BCUT2D eigenvalue weighted by atomic mass is 16.3. The molecule has 1 aliphatic rings. The van der Waals surface area contributed by atoms with Crippen LogP contribution >= 0.6 is 0 Å². The molecule has 1 amide bonds. The molecule has 1 aromatic heterocycles. The first-order chi connectivity index (χ1) is 9.08. The predicted molar refractivity (Wildman–Crippen MR) is 73.1 cm³/mol. The highest BCUT2D eigenvalue weighted by Gasteiger charge is 2.25. The lowest BCUT2D eigenvalue weighted by atomic mass is 9.96. The quantitative estimate of drug-likeness (QED) is 0.890. The Labute approximate surface area is 113 Å². The van der Waals surface area contributed by atoms with Gasteiger partial charge in [0.2, 0.25) is 0 Å². The van der Waals surface area contributed by atoms with E-state index >= 15 is 0 Å². The number of aromatic nitrogens is 1. The normalized spacial score (nSPS) is 16.9. The van der Waals surface area contributed by atoms with Crippen LogP contribution in [0.15, 0.2) is 18.3 Å². The molecule has 0 unspecified atom stereocenters. The number of pyridine rings is 1. The number of amides is 1. The molecule has 104 valence electrons. The van der Waals surface area contributed by atoms with E-state index in [0.717, 1.165) is 32.5 Å². The minimum absolute atomic E-state index is 0.0390. The average Bonchev–Trinajstić information content (AvgIpc) is 2.39. The van der Waals surface area contributed by atoms with Gasteiger partial charge in [-0.2, -0.15) is 0 Å². The molecule has 0 aliphatic carbocycles. The van der Waals surface area contributed by atoms with Gasteiger partial charge in [0.1, 0.15) is 5.75 Å². The van der Waals surface area contributed by atoms with Gasteiger partial charge in [0.05, 0.1) is 0 Å². The van der Waals surface area contributed by atoms with Gasteiger partial charge in [-0.05, 0) is 45.0 Å². The SMILES string of the molecule is CN(C)CC1CCN(C(=O)c2ncccc2O)CC1. The van der Waals surface area contributed by atoms with E-state index < -0.39 is 0 Å². The van der Waals surface area contributed by atoms with E-state index in [1.807, 2.05) is 0 Å². The lowest BCUT2D eigenvalue weighted by molar-refractivity contribution is 0.0669. The van der Waals surface area contributed by atoms with Crippen molar-refractivity contribution in [2.24, 2.45) is 5.92 Å². The summed E-state index contributed by atoms with van der Waals surface area (Å²) in [4.78, 5) is 20.2. The summed E-state index contributed by atoms with van der Waals surface area (Å²) < 4.78 is 0. The summed E-state index contributed by atoms with van der Waals surface area (Å²) in [6, 6.07) is 3.12. The second-order valence-electron chi connectivity index (χ2n) is 5.37. The first-order valence-electron chi connectivity index (χ1n) is 6.66. The third-order valence-corrected chi connectivity index (χ3v) is 3.51. The zero-order valence-corrected chi connectivity index (χ0v) is 11.5. The number of hydrogen-bond donors (Lipinski definition) is 1. The van der Waals surface area contributed by atoms with Crippen molar-refractivity contribution in [3.63, 3.8) is 0 Å². The molecule has 0 atom stereocenters. The second kappa shape index (κ2) is 6.02. The minimum Gasteiger partial charge on any atom is -0.505 e. The summed E-state index contributed by atoms with van der Waals surface area (Å²) in [5, 5.41) is 9.67. The third-order valence-electron chi connectivity index (χ3n) is 3.51. The molecule has 1 aromatic rings. The Morgan fingerprint density at radius 3 is 2.74 bits per heavy atom.